The first-order valence-electron chi connectivity index (χ1n) is 9.13. The first-order valence-corrected chi connectivity index (χ1v) is 9.13. The van der Waals surface area contributed by atoms with E-state index in [1.54, 1.807) is 0 Å². The van der Waals surface area contributed by atoms with Crippen LogP contribution >= 0.6 is 0 Å². The van der Waals surface area contributed by atoms with E-state index in [-0.39, 0.29) is 0 Å². The molecule has 0 amide bonds. The van der Waals surface area contributed by atoms with E-state index >= 15 is 0 Å². The van der Waals surface area contributed by atoms with Crippen molar-refractivity contribution in [2.24, 2.45) is 0 Å². The molecule has 0 spiro atoms. The van der Waals surface area contributed by atoms with Crippen molar-refractivity contribution in [1.29, 1.82) is 0 Å². The molecule has 0 radical (unpaired) electrons. The molecule has 0 rings (SSSR count). The van der Waals surface area contributed by atoms with Crippen molar-refractivity contribution in [2.75, 3.05) is 0 Å². The fourth-order valence-electron chi connectivity index (χ4n) is 2.37. The van der Waals surface area contributed by atoms with E-state index in [1.807, 2.05) is 0 Å². The van der Waals surface area contributed by atoms with Gasteiger partial charge in [0.25, 0.3) is 0 Å². The average molecular weight is 279 g/mol. The third-order valence-electron chi connectivity index (χ3n) is 4.05. The van der Waals surface area contributed by atoms with Crippen LogP contribution in [-0.2, 0) is 0 Å². The minimum atomic E-state index is 1.17. The molecule has 0 aromatic heterocycles. The highest BCUT2D eigenvalue weighted by molar-refractivity contribution is 5.09. The van der Waals surface area contributed by atoms with Gasteiger partial charge in [0, 0.05) is 0 Å². The van der Waals surface area contributed by atoms with Crippen molar-refractivity contribution in [3.05, 3.63) is 23.8 Å². The topological polar surface area (TPSA) is 0 Å². The minimum absolute atomic E-state index is 1.17. The molecule has 0 aromatic rings. The molecular formula is C20H38. The van der Waals surface area contributed by atoms with E-state index < -0.39 is 0 Å². The Morgan fingerprint density at radius 1 is 0.700 bits per heavy atom. The second-order valence-electron chi connectivity index (χ2n) is 6.12. The van der Waals surface area contributed by atoms with Gasteiger partial charge in [-0.2, -0.15) is 0 Å². The molecule has 0 aromatic carbocycles. The molecule has 0 N–H and O–H groups in total. The van der Waals surface area contributed by atoms with Crippen molar-refractivity contribution in [2.45, 2.75) is 104 Å². The SMILES string of the molecule is CCCCCCCCCCCCCC=CC=C(C)CC. The zero-order valence-electron chi connectivity index (χ0n) is 14.4. The Morgan fingerprint density at radius 3 is 1.70 bits per heavy atom. The van der Waals surface area contributed by atoms with Crippen LogP contribution in [0.25, 0.3) is 0 Å². The summed E-state index contributed by atoms with van der Waals surface area (Å²) < 4.78 is 0. The molecule has 118 valence electrons. The maximum atomic E-state index is 2.33. The van der Waals surface area contributed by atoms with Crippen LogP contribution < -0.4 is 0 Å². The lowest BCUT2D eigenvalue weighted by molar-refractivity contribution is 0.550. The van der Waals surface area contributed by atoms with Crippen LogP contribution in [-0.4, -0.2) is 0 Å². The summed E-state index contributed by atoms with van der Waals surface area (Å²) in [6, 6.07) is 0. The molecule has 0 aliphatic heterocycles. The van der Waals surface area contributed by atoms with Crippen LogP contribution in [0.5, 0.6) is 0 Å². The molecule has 0 heteroatoms. The summed E-state index contributed by atoms with van der Waals surface area (Å²) in [4.78, 5) is 0. The van der Waals surface area contributed by atoms with Crippen molar-refractivity contribution in [1.82, 2.24) is 0 Å². The number of hydrogen-bond donors (Lipinski definition) is 0. The van der Waals surface area contributed by atoms with E-state index in [0.29, 0.717) is 0 Å². The zero-order valence-corrected chi connectivity index (χ0v) is 14.4. The van der Waals surface area contributed by atoms with Crippen molar-refractivity contribution in [3.8, 4) is 0 Å². The summed E-state index contributed by atoms with van der Waals surface area (Å²) in [5.41, 5.74) is 1.47. The number of hydrogen-bond acceptors (Lipinski definition) is 0. The van der Waals surface area contributed by atoms with Crippen LogP contribution in [0.2, 0.25) is 0 Å². The maximum Gasteiger partial charge on any atom is -0.0348 e. The Morgan fingerprint density at radius 2 is 1.20 bits per heavy atom. The molecule has 0 saturated heterocycles. The average Bonchev–Trinajstić information content (AvgIpc) is 2.47. The number of unbranched alkanes of at least 4 members (excludes halogenated alkanes) is 11. The lowest BCUT2D eigenvalue weighted by Gasteiger charge is -2.01. The van der Waals surface area contributed by atoms with E-state index in [0.717, 1.165) is 0 Å². The standard InChI is InChI=1S/C20H38/c1-4-6-7-8-9-10-11-12-13-14-15-16-17-18-19-20(3)5-2/h17-19H,4-16H2,1-3H3. The fourth-order valence-corrected chi connectivity index (χ4v) is 2.37. The van der Waals surface area contributed by atoms with Crippen LogP contribution in [0, 0.1) is 0 Å². The second-order valence-corrected chi connectivity index (χ2v) is 6.12. The van der Waals surface area contributed by atoms with Crippen molar-refractivity contribution < 1.29 is 0 Å². The van der Waals surface area contributed by atoms with E-state index in [1.165, 1.54) is 89.0 Å². The quantitative estimate of drug-likeness (QED) is 0.227. The predicted octanol–water partition coefficient (Wildman–Crippen LogP) is 7.60. The second kappa shape index (κ2) is 16.5. The van der Waals surface area contributed by atoms with Gasteiger partial charge in [0.1, 0.15) is 0 Å². The summed E-state index contributed by atoms with van der Waals surface area (Å²) in [5.74, 6) is 0. The van der Waals surface area contributed by atoms with Crippen molar-refractivity contribution >= 4 is 0 Å². The minimum Gasteiger partial charge on any atom is -0.0845 e. The molecule has 0 fully saturated rings. The summed E-state index contributed by atoms with van der Waals surface area (Å²) in [5, 5.41) is 0. The highest BCUT2D eigenvalue weighted by Crippen LogP contribution is 2.12. The van der Waals surface area contributed by atoms with Gasteiger partial charge in [-0.25, -0.2) is 0 Å². The molecule has 0 unspecified atom stereocenters. The first-order chi connectivity index (χ1) is 9.81. The Bertz CT molecular complexity index is 234. The van der Waals surface area contributed by atoms with Crippen LogP contribution in [0.3, 0.4) is 0 Å². The fraction of sp³-hybridized carbons (Fsp3) is 0.800. The molecule has 0 nitrogen and oxygen atoms in total. The summed E-state index contributed by atoms with van der Waals surface area (Å²) in [7, 11) is 0. The van der Waals surface area contributed by atoms with E-state index in [9.17, 15) is 0 Å². The monoisotopic (exact) mass is 278 g/mol. The van der Waals surface area contributed by atoms with E-state index in [4.69, 9.17) is 0 Å². The Balaban J connectivity index is 3.13. The van der Waals surface area contributed by atoms with Gasteiger partial charge >= 0.3 is 0 Å². The Kier molecular flexibility index (Phi) is 16.1. The van der Waals surface area contributed by atoms with Crippen molar-refractivity contribution in [3.63, 3.8) is 0 Å². The van der Waals surface area contributed by atoms with Crippen LogP contribution in [0.4, 0.5) is 0 Å². The summed E-state index contributed by atoms with van der Waals surface area (Å²) >= 11 is 0. The van der Waals surface area contributed by atoms with Crippen LogP contribution in [0.1, 0.15) is 104 Å². The zero-order chi connectivity index (χ0) is 14.9. The molecule has 0 heterocycles. The van der Waals surface area contributed by atoms with Gasteiger partial charge in [0.2, 0.25) is 0 Å². The lowest BCUT2D eigenvalue weighted by Crippen LogP contribution is -1.81. The smallest absolute Gasteiger partial charge is 0.0348 e. The molecular weight excluding hydrogens is 240 g/mol. The third kappa shape index (κ3) is 15.5. The van der Waals surface area contributed by atoms with Gasteiger partial charge in [0.05, 0.1) is 0 Å². The lowest BCUT2D eigenvalue weighted by atomic mass is 10.1. The Hall–Kier alpha value is -0.520. The highest BCUT2D eigenvalue weighted by Gasteiger charge is 1.92. The molecule has 0 aliphatic carbocycles. The van der Waals surface area contributed by atoms with Gasteiger partial charge in [-0.15, -0.1) is 0 Å². The molecule has 20 heavy (non-hydrogen) atoms. The van der Waals surface area contributed by atoms with Gasteiger partial charge in [0.15, 0.2) is 0 Å². The van der Waals surface area contributed by atoms with Gasteiger partial charge < -0.3 is 0 Å². The van der Waals surface area contributed by atoms with Crippen LogP contribution in [0.15, 0.2) is 23.8 Å². The molecule has 0 saturated carbocycles. The third-order valence-corrected chi connectivity index (χ3v) is 4.05. The molecule has 0 atom stereocenters. The van der Waals surface area contributed by atoms with Gasteiger partial charge in [-0.1, -0.05) is 102 Å². The highest BCUT2D eigenvalue weighted by atomic mass is 14.0. The molecule has 0 bridgehead atoms. The largest absolute Gasteiger partial charge is 0.0845 e. The first kappa shape index (κ1) is 19.5. The summed E-state index contributed by atoms with van der Waals surface area (Å²) in [6.45, 7) is 6.70. The maximum absolute atomic E-state index is 2.33. The van der Waals surface area contributed by atoms with Gasteiger partial charge in [-0.3, -0.25) is 0 Å². The normalized spacial score (nSPS) is 12.4. The summed E-state index contributed by atoms with van der Waals surface area (Å²) in [6.07, 6.45) is 25.0. The predicted molar refractivity (Wildman–Crippen MR) is 94.3 cm³/mol. The van der Waals surface area contributed by atoms with E-state index in [2.05, 4.69) is 39.0 Å². The molecule has 0 aliphatic rings. The number of rotatable bonds is 14. The Labute approximate surface area is 128 Å². The number of allylic oxidation sites excluding steroid dienone is 4. The van der Waals surface area contributed by atoms with Gasteiger partial charge in [-0.05, 0) is 26.2 Å².